The Kier molecular flexibility index (Phi) is 2.45. The molecule has 1 aliphatic heterocycles. The lowest BCUT2D eigenvalue weighted by Crippen LogP contribution is -2.34. The summed E-state index contributed by atoms with van der Waals surface area (Å²) in [7, 11) is 0. The molecule has 6 heteroatoms. The Hall–Kier alpha value is -0.680. The number of hydrogen-bond acceptors (Lipinski definition) is 3. The Balaban J connectivity index is 2.44. The van der Waals surface area contributed by atoms with E-state index in [-0.39, 0.29) is 5.69 Å². The molecule has 2 nitrogen and oxygen atoms in total. The summed E-state index contributed by atoms with van der Waals surface area (Å²) in [6.45, 7) is -2.66. The molecule has 1 aliphatic rings. The maximum Gasteiger partial charge on any atom is 0.318 e. The average Bonchev–Trinajstić information content (AvgIpc) is 2.40. The van der Waals surface area contributed by atoms with Gasteiger partial charge in [-0.25, -0.2) is 0 Å². The molecule has 14 heavy (non-hydrogen) atoms. The molecule has 0 aromatic heterocycles. The maximum absolute atomic E-state index is 12.6. The molecule has 0 saturated carbocycles. The molecule has 1 unspecified atom stereocenters. The van der Waals surface area contributed by atoms with Crippen LogP contribution in [0.5, 0.6) is 5.75 Å². The summed E-state index contributed by atoms with van der Waals surface area (Å²) in [6.07, 6.45) is 0. The highest BCUT2D eigenvalue weighted by Gasteiger charge is 2.34. The molecule has 1 aromatic rings. The summed E-state index contributed by atoms with van der Waals surface area (Å²) >= 11 is 9.58. The fourth-order valence-corrected chi connectivity index (χ4v) is 1.79. The van der Waals surface area contributed by atoms with E-state index in [1.54, 1.807) is 12.1 Å². The molecule has 0 N–H and O–H groups in total. The van der Waals surface area contributed by atoms with Gasteiger partial charge in [-0.3, -0.25) is 4.90 Å². The Bertz CT molecular complexity index is 363. The summed E-state index contributed by atoms with van der Waals surface area (Å²) in [4.78, 5) is 0.754. The van der Waals surface area contributed by atoms with Crippen LogP contribution in [0.2, 0.25) is 5.02 Å². The van der Waals surface area contributed by atoms with Crippen molar-refractivity contribution in [2.45, 2.75) is 12.1 Å². The molecule has 2 rings (SSSR count). The van der Waals surface area contributed by atoms with Gasteiger partial charge in [-0.2, -0.15) is 8.78 Å². The van der Waals surface area contributed by atoms with Gasteiger partial charge in [0.2, 0.25) is 5.56 Å². The maximum atomic E-state index is 12.6. The van der Waals surface area contributed by atoms with Crippen molar-refractivity contribution in [2.24, 2.45) is 0 Å². The van der Waals surface area contributed by atoms with Gasteiger partial charge in [0.1, 0.15) is 5.75 Å². The number of hydrogen-bond donors (Lipinski definition) is 1. The fraction of sp³-hybridized carbons (Fsp3) is 0.250. The van der Waals surface area contributed by atoms with Crippen LogP contribution in [0.1, 0.15) is 0 Å². The summed E-state index contributed by atoms with van der Waals surface area (Å²) < 4.78 is 30.2. The van der Waals surface area contributed by atoms with E-state index in [4.69, 9.17) is 16.3 Å². The van der Waals surface area contributed by atoms with E-state index >= 15 is 0 Å². The minimum absolute atomic E-state index is 0.271. The van der Waals surface area contributed by atoms with Crippen LogP contribution < -0.4 is 9.64 Å². The summed E-state index contributed by atoms with van der Waals surface area (Å²) in [6, 6.07) is 4.55. The van der Waals surface area contributed by atoms with E-state index < -0.39 is 12.1 Å². The number of halogens is 3. The van der Waals surface area contributed by atoms with Crippen LogP contribution in [0.15, 0.2) is 18.2 Å². The lowest BCUT2D eigenvalue weighted by Gasteiger charge is -2.19. The van der Waals surface area contributed by atoms with Crippen LogP contribution in [-0.4, -0.2) is 12.1 Å². The summed E-state index contributed by atoms with van der Waals surface area (Å²) in [5, 5.41) is 0.389. The first-order chi connectivity index (χ1) is 6.59. The second-order valence-electron chi connectivity index (χ2n) is 2.74. The zero-order valence-electron chi connectivity index (χ0n) is 6.82. The van der Waals surface area contributed by atoms with E-state index in [1.807, 2.05) is 0 Å². The Morgan fingerprint density at radius 1 is 1.50 bits per heavy atom. The van der Waals surface area contributed by atoms with Crippen molar-refractivity contribution in [3.63, 3.8) is 0 Å². The van der Waals surface area contributed by atoms with Gasteiger partial charge < -0.3 is 4.74 Å². The smallest absolute Gasteiger partial charge is 0.318 e. The third-order valence-corrected chi connectivity index (χ3v) is 2.47. The number of ether oxygens (including phenoxy) is 1. The highest BCUT2D eigenvalue weighted by atomic mass is 35.5. The molecule has 76 valence electrons. The predicted octanol–water partition coefficient (Wildman–Crippen LogP) is 2.97. The van der Waals surface area contributed by atoms with E-state index in [0.29, 0.717) is 10.8 Å². The molecule has 0 fully saturated rings. The van der Waals surface area contributed by atoms with Gasteiger partial charge in [0, 0.05) is 5.02 Å². The van der Waals surface area contributed by atoms with Crippen molar-refractivity contribution in [3.8, 4) is 5.75 Å². The molecule has 1 atom stereocenters. The van der Waals surface area contributed by atoms with Crippen molar-refractivity contribution in [2.75, 3.05) is 4.90 Å². The molecule has 0 radical (unpaired) electrons. The zero-order valence-corrected chi connectivity index (χ0v) is 8.47. The zero-order chi connectivity index (χ0) is 10.3. The first-order valence-electron chi connectivity index (χ1n) is 3.80. The van der Waals surface area contributed by atoms with Crippen LogP contribution >= 0.6 is 24.2 Å². The van der Waals surface area contributed by atoms with Crippen LogP contribution in [0, 0.1) is 0 Å². The number of thiol groups is 1. The second-order valence-corrected chi connectivity index (χ2v) is 3.62. The summed E-state index contributed by atoms with van der Waals surface area (Å²) in [5.41, 5.74) is -0.684. The van der Waals surface area contributed by atoms with E-state index in [2.05, 4.69) is 12.6 Å². The lowest BCUT2D eigenvalue weighted by molar-refractivity contribution is 0.120. The molecule has 0 spiro atoms. The van der Waals surface area contributed by atoms with Crippen LogP contribution in [0.4, 0.5) is 14.5 Å². The molecular weight excluding hydrogens is 232 g/mol. The van der Waals surface area contributed by atoms with E-state index in [0.717, 1.165) is 4.90 Å². The number of benzene rings is 1. The first kappa shape index (κ1) is 9.86. The minimum Gasteiger partial charge on any atom is -0.459 e. The Labute approximate surface area is 89.8 Å². The van der Waals surface area contributed by atoms with Gasteiger partial charge in [-0.1, -0.05) is 11.6 Å². The Morgan fingerprint density at radius 2 is 2.21 bits per heavy atom. The highest BCUT2D eigenvalue weighted by molar-refractivity contribution is 7.80. The molecule has 0 bridgehead atoms. The second kappa shape index (κ2) is 3.47. The molecule has 0 amide bonds. The normalized spacial score (nSPS) is 19.8. The third kappa shape index (κ3) is 1.50. The monoisotopic (exact) mass is 237 g/mol. The molecule has 0 aliphatic carbocycles. The minimum atomic E-state index is -2.66. The van der Waals surface area contributed by atoms with E-state index in [9.17, 15) is 8.78 Å². The lowest BCUT2D eigenvalue weighted by atomic mass is 10.3. The highest BCUT2D eigenvalue weighted by Crippen LogP contribution is 2.41. The standard InChI is InChI=1S/C8H6ClF2NOS/c9-4-1-2-6-5(3-4)12(7(10)11)8(14)13-6/h1-3,7-8,14H. The van der Waals surface area contributed by atoms with Gasteiger partial charge in [-0.15, -0.1) is 12.6 Å². The van der Waals surface area contributed by atoms with Crippen molar-refractivity contribution in [3.05, 3.63) is 23.2 Å². The molecule has 1 heterocycles. The molecule has 1 aromatic carbocycles. The average molecular weight is 238 g/mol. The van der Waals surface area contributed by atoms with Crippen molar-refractivity contribution in [1.82, 2.24) is 0 Å². The summed E-state index contributed by atoms with van der Waals surface area (Å²) in [5.74, 6) is 0.370. The van der Waals surface area contributed by atoms with Gasteiger partial charge in [0.25, 0.3) is 0 Å². The third-order valence-electron chi connectivity index (χ3n) is 1.88. The number of alkyl halides is 2. The SMILES string of the molecule is FC(F)N1c2cc(Cl)ccc2OC1S. The van der Waals surface area contributed by atoms with Gasteiger partial charge in [0.15, 0.2) is 0 Å². The van der Waals surface area contributed by atoms with Crippen LogP contribution in [0.25, 0.3) is 0 Å². The van der Waals surface area contributed by atoms with Crippen molar-refractivity contribution >= 4 is 29.9 Å². The number of fused-ring (bicyclic) bond motifs is 1. The van der Waals surface area contributed by atoms with Crippen LogP contribution in [-0.2, 0) is 0 Å². The largest absolute Gasteiger partial charge is 0.459 e. The fourth-order valence-electron chi connectivity index (χ4n) is 1.28. The first-order valence-corrected chi connectivity index (χ1v) is 4.70. The Morgan fingerprint density at radius 3 is 2.86 bits per heavy atom. The van der Waals surface area contributed by atoms with Gasteiger partial charge >= 0.3 is 6.55 Å². The quantitative estimate of drug-likeness (QED) is 0.596. The predicted molar refractivity (Wildman–Crippen MR) is 53.3 cm³/mol. The van der Waals surface area contributed by atoms with E-state index in [1.165, 1.54) is 6.07 Å². The topological polar surface area (TPSA) is 12.5 Å². The number of anilines is 1. The van der Waals surface area contributed by atoms with Gasteiger partial charge in [-0.05, 0) is 18.2 Å². The van der Waals surface area contributed by atoms with Crippen LogP contribution in [0.3, 0.4) is 0 Å². The number of nitrogens with zero attached hydrogens (tertiary/aromatic N) is 1. The number of rotatable bonds is 1. The van der Waals surface area contributed by atoms with Crippen molar-refractivity contribution < 1.29 is 13.5 Å². The van der Waals surface area contributed by atoms with Gasteiger partial charge in [0.05, 0.1) is 5.69 Å². The molecular formula is C8H6ClF2NOS. The molecule has 0 saturated heterocycles. The van der Waals surface area contributed by atoms with Crippen molar-refractivity contribution in [1.29, 1.82) is 0 Å².